The van der Waals surface area contributed by atoms with E-state index in [-0.39, 0.29) is 0 Å². The maximum atomic E-state index is 9.33. The first-order valence-electron chi connectivity index (χ1n) is 7.24. The molecule has 1 N–H and O–H groups in total. The molecule has 0 aliphatic carbocycles. The molecule has 2 atom stereocenters. The zero-order valence-corrected chi connectivity index (χ0v) is 12.3. The molecule has 2 rings (SSSR count). The van der Waals surface area contributed by atoms with Crippen molar-refractivity contribution in [2.45, 2.75) is 38.3 Å². The van der Waals surface area contributed by atoms with Gasteiger partial charge in [-0.15, -0.1) is 0 Å². The average Bonchev–Trinajstić information content (AvgIpc) is 2.79. The molecule has 0 saturated carbocycles. The molecule has 0 radical (unpaired) electrons. The van der Waals surface area contributed by atoms with E-state index in [0.717, 1.165) is 13.0 Å². The molecular formula is C16H26N2O. The Morgan fingerprint density at radius 1 is 1.32 bits per heavy atom. The van der Waals surface area contributed by atoms with Crippen LogP contribution in [0.1, 0.15) is 25.3 Å². The minimum absolute atomic E-state index is 0.350. The minimum Gasteiger partial charge on any atom is -0.508 e. The molecule has 1 aliphatic heterocycles. The van der Waals surface area contributed by atoms with E-state index in [2.05, 4.69) is 30.8 Å². The summed E-state index contributed by atoms with van der Waals surface area (Å²) in [5, 5.41) is 9.33. The predicted octanol–water partition coefficient (Wildman–Crippen LogP) is 2.35. The molecule has 1 aliphatic rings. The van der Waals surface area contributed by atoms with Gasteiger partial charge in [-0.25, -0.2) is 0 Å². The minimum atomic E-state index is 0.350. The fourth-order valence-corrected chi connectivity index (χ4v) is 3.15. The van der Waals surface area contributed by atoms with Gasteiger partial charge in [-0.3, -0.25) is 4.90 Å². The van der Waals surface area contributed by atoms with Crippen LogP contribution in [0.3, 0.4) is 0 Å². The first-order chi connectivity index (χ1) is 9.06. The smallest absolute Gasteiger partial charge is 0.115 e. The molecule has 3 heteroatoms. The monoisotopic (exact) mass is 262 g/mol. The highest BCUT2D eigenvalue weighted by atomic mass is 16.3. The molecule has 1 saturated heterocycles. The highest BCUT2D eigenvalue weighted by Gasteiger charge is 2.28. The lowest BCUT2D eigenvalue weighted by atomic mass is 10.0. The Balaban J connectivity index is 1.94. The molecule has 3 nitrogen and oxygen atoms in total. The van der Waals surface area contributed by atoms with Crippen LogP contribution in [0, 0.1) is 0 Å². The molecule has 0 amide bonds. The van der Waals surface area contributed by atoms with Crippen molar-refractivity contribution in [3.63, 3.8) is 0 Å². The van der Waals surface area contributed by atoms with Crippen LogP contribution in [0.15, 0.2) is 24.3 Å². The zero-order valence-electron chi connectivity index (χ0n) is 12.3. The Morgan fingerprint density at radius 3 is 2.63 bits per heavy atom. The van der Waals surface area contributed by atoms with Crippen molar-refractivity contribution < 1.29 is 5.11 Å². The van der Waals surface area contributed by atoms with E-state index in [9.17, 15) is 5.11 Å². The normalized spacial score (nSPS) is 22.0. The first-order valence-corrected chi connectivity index (χ1v) is 7.24. The number of rotatable bonds is 5. The van der Waals surface area contributed by atoms with Crippen LogP contribution in [0.25, 0.3) is 0 Å². The lowest BCUT2D eigenvalue weighted by molar-refractivity contribution is 0.161. The molecule has 106 valence electrons. The number of phenols is 1. The van der Waals surface area contributed by atoms with Crippen molar-refractivity contribution in [3.05, 3.63) is 29.8 Å². The molecule has 0 spiro atoms. The number of phenolic OH excluding ortho intramolecular Hbond substituents is 1. The third kappa shape index (κ3) is 3.95. The van der Waals surface area contributed by atoms with Crippen molar-refractivity contribution in [2.24, 2.45) is 0 Å². The van der Waals surface area contributed by atoms with Gasteiger partial charge in [0.1, 0.15) is 5.75 Å². The standard InChI is InChI=1S/C16H26N2O/c1-13(11-14-6-8-16(19)9-7-14)18-10-4-5-15(18)12-17(2)3/h6-9,13,15,19H,4-5,10-12H2,1-3H3. The number of nitrogens with zero attached hydrogens (tertiary/aromatic N) is 2. The summed E-state index contributed by atoms with van der Waals surface area (Å²) < 4.78 is 0. The van der Waals surface area contributed by atoms with Gasteiger partial charge >= 0.3 is 0 Å². The largest absolute Gasteiger partial charge is 0.508 e. The predicted molar refractivity (Wildman–Crippen MR) is 79.6 cm³/mol. The van der Waals surface area contributed by atoms with Gasteiger partial charge in [-0.1, -0.05) is 12.1 Å². The van der Waals surface area contributed by atoms with Gasteiger partial charge in [0.2, 0.25) is 0 Å². The van der Waals surface area contributed by atoms with Crippen molar-refractivity contribution in [2.75, 3.05) is 27.2 Å². The maximum absolute atomic E-state index is 9.33. The molecule has 0 bridgehead atoms. The van der Waals surface area contributed by atoms with E-state index in [1.807, 2.05) is 12.1 Å². The first kappa shape index (κ1) is 14.4. The fraction of sp³-hybridized carbons (Fsp3) is 0.625. The van der Waals surface area contributed by atoms with E-state index >= 15 is 0 Å². The van der Waals surface area contributed by atoms with Crippen molar-refractivity contribution in [1.82, 2.24) is 9.80 Å². The lowest BCUT2D eigenvalue weighted by Crippen LogP contribution is -2.43. The van der Waals surface area contributed by atoms with E-state index in [1.54, 1.807) is 12.1 Å². The Hall–Kier alpha value is -1.06. The quantitative estimate of drug-likeness (QED) is 0.882. The van der Waals surface area contributed by atoms with Crippen LogP contribution >= 0.6 is 0 Å². The molecular weight excluding hydrogens is 236 g/mol. The number of aromatic hydroxyl groups is 1. The molecule has 1 aromatic carbocycles. The number of likely N-dealkylation sites (N-methyl/N-ethyl adjacent to an activating group) is 1. The Morgan fingerprint density at radius 2 is 2.00 bits per heavy atom. The third-order valence-electron chi connectivity index (χ3n) is 4.03. The number of hydrogen-bond acceptors (Lipinski definition) is 3. The van der Waals surface area contributed by atoms with Gasteiger partial charge in [0.25, 0.3) is 0 Å². The Labute approximate surface area is 116 Å². The Kier molecular flexibility index (Phi) is 4.83. The number of likely N-dealkylation sites (tertiary alicyclic amines) is 1. The van der Waals surface area contributed by atoms with Crippen LogP contribution in [0.5, 0.6) is 5.75 Å². The highest BCUT2D eigenvalue weighted by Crippen LogP contribution is 2.23. The molecule has 0 aromatic heterocycles. The summed E-state index contributed by atoms with van der Waals surface area (Å²) in [6, 6.07) is 8.89. The van der Waals surface area contributed by atoms with Crippen molar-refractivity contribution >= 4 is 0 Å². The lowest BCUT2D eigenvalue weighted by Gasteiger charge is -2.32. The SMILES string of the molecule is CC(Cc1ccc(O)cc1)N1CCCC1CN(C)C. The van der Waals surface area contributed by atoms with E-state index < -0.39 is 0 Å². The fourth-order valence-electron chi connectivity index (χ4n) is 3.15. The summed E-state index contributed by atoms with van der Waals surface area (Å²) in [6.45, 7) is 4.69. The van der Waals surface area contributed by atoms with Gasteiger partial charge < -0.3 is 10.0 Å². The second-order valence-electron chi connectivity index (χ2n) is 6.02. The summed E-state index contributed by atoms with van der Waals surface area (Å²) in [5.74, 6) is 0.350. The third-order valence-corrected chi connectivity index (χ3v) is 4.03. The maximum Gasteiger partial charge on any atom is 0.115 e. The van der Waals surface area contributed by atoms with Crippen LogP contribution in [0.2, 0.25) is 0 Å². The number of hydrogen-bond donors (Lipinski definition) is 1. The second kappa shape index (κ2) is 6.40. The Bertz CT molecular complexity index is 388. The van der Waals surface area contributed by atoms with Crippen molar-refractivity contribution in [1.29, 1.82) is 0 Å². The second-order valence-corrected chi connectivity index (χ2v) is 6.02. The van der Waals surface area contributed by atoms with Crippen molar-refractivity contribution in [3.8, 4) is 5.75 Å². The highest BCUT2D eigenvalue weighted by molar-refractivity contribution is 5.26. The van der Waals surface area contributed by atoms with Crippen LogP contribution < -0.4 is 0 Å². The summed E-state index contributed by atoms with van der Waals surface area (Å²) in [6.07, 6.45) is 3.70. The van der Waals surface area contributed by atoms with Gasteiger partial charge in [0.15, 0.2) is 0 Å². The van der Waals surface area contributed by atoms with Gasteiger partial charge in [0.05, 0.1) is 0 Å². The molecule has 1 fully saturated rings. The molecule has 2 unspecified atom stereocenters. The van der Waals surface area contributed by atoms with E-state index in [0.29, 0.717) is 17.8 Å². The van der Waals surface area contributed by atoms with Crippen LogP contribution in [0.4, 0.5) is 0 Å². The average molecular weight is 262 g/mol. The summed E-state index contributed by atoms with van der Waals surface area (Å²) in [5.41, 5.74) is 1.31. The molecule has 1 aromatic rings. The topological polar surface area (TPSA) is 26.7 Å². The van der Waals surface area contributed by atoms with Gasteiger partial charge in [0, 0.05) is 18.6 Å². The summed E-state index contributed by atoms with van der Waals surface area (Å²) >= 11 is 0. The number of benzene rings is 1. The van der Waals surface area contributed by atoms with Gasteiger partial charge in [-0.2, -0.15) is 0 Å². The zero-order chi connectivity index (χ0) is 13.8. The molecule has 19 heavy (non-hydrogen) atoms. The van der Waals surface area contributed by atoms with Gasteiger partial charge in [-0.05, 0) is 64.5 Å². The summed E-state index contributed by atoms with van der Waals surface area (Å²) in [7, 11) is 4.31. The van der Waals surface area contributed by atoms with E-state index in [1.165, 1.54) is 24.9 Å². The van der Waals surface area contributed by atoms with E-state index in [4.69, 9.17) is 0 Å². The summed E-state index contributed by atoms with van der Waals surface area (Å²) in [4.78, 5) is 4.93. The molecule has 1 heterocycles. The van der Waals surface area contributed by atoms with Crippen LogP contribution in [-0.2, 0) is 6.42 Å². The van der Waals surface area contributed by atoms with Crippen LogP contribution in [-0.4, -0.2) is 54.2 Å².